The van der Waals surface area contributed by atoms with E-state index in [2.05, 4.69) is 5.32 Å². The molecule has 2 aromatic rings. The lowest BCUT2D eigenvalue weighted by molar-refractivity contribution is 0.00827. The number of rotatable bonds is 4. The number of hydrogen-bond donors (Lipinski definition) is 3. The zero-order valence-corrected chi connectivity index (χ0v) is 9.05. The summed E-state index contributed by atoms with van der Waals surface area (Å²) in [6.45, 7) is 0.318. The summed E-state index contributed by atoms with van der Waals surface area (Å²) in [5, 5.41) is 23.2. The molecule has 4 heteroatoms. The Hall–Kier alpha value is -1.36. The highest BCUT2D eigenvalue weighted by atomic mass is 16.4. The number of hydrogen-bond acceptors (Lipinski definition) is 4. The summed E-state index contributed by atoms with van der Waals surface area (Å²) in [6, 6.07) is 9.25. The van der Waals surface area contributed by atoms with Crippen molar-refractivity contribution in [2.45, 2.75) is 12.2 Å². The van der Waals surface area contributed by atoms with Crippen molar-refractivity contribution in [1.29, 1.82) is 0 Å². The quantitative estimate of drug-likeness (QED) is 0.722. The van der Waals surface area contributed by atoms with Crippen LogP contribution >= 0.6 is 0 Å². The first kappa shape index (κ1) is 11.1. The van der Waals surface area contributed by atoms with E-state index in [4.69, 9.17) is 4.42 Å². The normalized spacial score (nSPS) is 15.2. The van der Waals surface area contributed by atoms with Crippen LogP contribution in [0.2, 0.25) is 0 Å². The Kier molecular flexibility index (Phi) is 3.24. The highest BCUT2D eigenvalue weighted by Gasteiger charge is 2.21. The zero-order chi connectivity index (χ0) is 11.5. The number of likely N-dealkylation sites (N-methyl/N-ethyl adjacent to an activating group) is 1. The van der Waals surface area contributed by atoms with Gasteiger partial charge < -0.3 is 19.9 Å². The maximum Gasteiger partial charge on any atom is 0.139 e. The predicted octanol–water partition coefficient (Wildman–Crippen LogP) is 1.05. The Labute approximate surface area is 93.5 Å². The Morgan fingerprint density at radius 1 is 1.31 bits per heavy atom. The molecule has 3 N–H and O–H groups in total. The SMILES string of the molecule is CNCC(O)C(O)c1cc2ccccc2o1. The minimum atomic E-state index is -1.00. The van der Waals surface area contributed by atoms with Crippen molar-refractivity contribution in [3.05, 3.63) is 36.1 Å². The third-order valence-electron chi connectivity index (χ3n) is 2.51. The van der Waals surface area contributed by atoms with Crippen molar-refractivity contribution in [3.8, 4) is 0 Å². The molecule has 86 valence electrons. The van der Waals surface area contributed by atoms with Crippen molar-refractivity contribution in [2.24, 2.45) is 0 Å². The third kappa shape index (κ3) is 2.09. The van der Waals surface area contributed by atoms with Crippen LogP contribution in [0.25, 0.3) is 11.0 Å². The van der Waals surface area contributed by atoms with Gasteiger partial charge in [0.1, 0.15) is 17.4 Å². The third-order valence-corrected chi connectivity index (χ3v) is 2.51. The zero-order valence-electron chi connectivity index (χ0n) is 9.05. The second kappa shape index (κ2) is 4.65. The van der Waals surface area contributed by atoms with Gasteiger partial charge in [-0.1, -0.05) is 18.2 Å². The lowest BCUT2D eigenvalue weighted by Crippen LogP contribution is -2.29. The number of nitrogens with one attached hydrogen (secondary N) is 1. The fourth-order valence-electron chi connectivity index (χ4n) is 1.66. The summed E-state index contributed by atoms with van der Waals surface area (Å²) >= 11 is 0. The second-order valence-electron chi connectivity index (χ2n) is 3.76. The van der Waals surface area contributed by atoms with Crippen LogP contribution in [0.3, 0.4) is 0 Å². The Morgan fingerprint density at radius 3 is 2.75 bits per heavy atom. The van der Waals surface area contributed by atoms with Crippen LogP contribution in [0.5, 0.6) is 0 Å². The number of furan rings is 1. The van der Waals surface area contributed by atoms with E-state index in [1.54, 1.807) is 13.1 Å². The molecule has 0 saturated heterocycles. The molecule has 0 saturated carbocycles. The van der Waals surface area contributed by atoms with Gasteiger partial charge in [-0.15, -0.1) is 0 Å². The Bertz CT molecular complexity index is 433. The molecule has 0 bridgehead atoms. The van der Waals surface area contributed by atoms with Crippen molar-refractivity contribution in [1.82, 2.24) is 5.32 Å². The van der Waals surface area contributed by atoms with Gasteiger partial charge in [-0.05, 0) is 19.2 Å². The summed E-state index contributed by atoms with van der Waals surface area (Å²) in [6.07, 6.45) is -1.87. The smallest absolute Gasteiger partial charge is 0.139 e. The van der Waals surface area contributed by atoms with Crippen LogP contribution in [-0.4, -0.2) is 29.9 Å². The predicted molar refractivity (Wildman–Crippen MR) is 61.1 cm³/mol. The van der Waals surface area contributed by atoms with Crippen LogP contribution < -0.4 is 5.32 Å². The number of benzene rings is 1. The first-order valence-electron chi connectivity index (χ1n) is 5.21. The molecule has 0 radical (unpaired) electrons. The standard InChI is InChI=1S/C12H15NO3/c1-13-7-9(14)12(15)11-6-8-4-2-3-5-10(8)16-11/h2-6,9,12-15H,7H2,1H3. The highest BCUT2D eigenvalue weighted by molar-refractivity contribution is 5.77. The molecule has 4 nitrogen and oxygen atoms in total. The van der Waals surface area contributed by atoms with Gasteiger partial charge in [0.2, 0.25) is 0 Å². The maximum atomic E-state index is 9.84. The van der Waals surface area contributed by atoms with Crippen LogP contribution in [0, 0.1) is 0 Å². The average molecular weight is 221 g/mol. The van der Waals surface area contributed by atoms with Gasteiger partial charge in [-0.3, -0.25) is 0 Å². The molecular formula is C12H15NO3. The van der Waals surface area contributed by atoms with Gasteiger partial charge in [0.25, 0.3) is 0 Å². The van der Waals surface area contributed by atoms with E-state index >= 15 is 0 Å². The summed E-state index contributed by atoms with van der Waals surface area (Å²) in [5.41, 5.74) is 0.716. The van der Waals surface area contributed by atoms with Gasteiger partial charge >= 0.3 is 0 Å². The lowest BCUT2D eigenvalue weighted by atomic mass is 10.1. The van der Waals surface area contributed by atoms with E-state index in [1.165, 1.54) is 0 Å². The summed E-state index contributed by atoms with van der Waals surface area (Å²) in [7, 11) is 1.72. The van der Waals surface area contributed by atoms with Crippen molar-refractivity contribution < 1.29 is 14.6 Å². The monoisotopic (exact) mass is 221 g/mol. The maximum absolute atomic E-state index is 9.84. The van der Waals surface area contributed by atoms with Crippen molar-refractivity contribution in [2.75, 3.05) is 13.6 Å². The average Bonchev–Trinajstić information content (AvgIpc) is 2.71. The Balaban J connectivity index is 2.26. The van der Waals surface area contributed by atoms with E-state index < -0.39 is 12.2 Å². The fraction of sp³-hybridized carbons (Fsp3) is 0.333. The molecule has 2 rings (SSSR count). The molecule has 1 aromatic heterocycles. The number of fused-ring (bicyclic) bond motifs is 1. The lowest BCUT2D eigenvalue weighted by Gasteiger charge is -2.14. The van der Waals surface area contributed by atoms with Crippen LogP contribution in [0.4, 0.5) is 0 Å². The Morgan fingerprint density at radius 2 is 2.06 bits per heavy atom. The van der Waals surface area contributed by atoms with Crippen LogP contribution in [0.1, 0.15) is 11.9 Å². The minimum absolute atomic E-state index is 0.318. The van der Waals surface area contributed by atoms with E-state index in [9.17, 15) is 10.2 Å². The largest absolute Gasteiger partial charge is 0.458 e. The van der Waals surface area contributed by atoms with Gasteiger partial charge in [0.15, 0.2) is 0 Å². The molecule has 0 spiro atoms. The molecule has 2 unspecified atom stereocenters. The summed E-state index contributed by atoms with van der Waals surface area (Å²) < 4.78 is 5.46. The molecule has 16 heavy (non-hydrogen) atoms. The minimum Gasteiger partial charge on any atom is -0.458 e. The van der Waals surface area contributed by atoms with Crippen molar-refractivity contribution >= 4 is 11.0 Å². The van der Waals surface area contributed by atoms with Crippen LogP contribution in [-0.2, 0) is 0 Å². The van der Waals surface area contributed by atoms with E-state index in [0.717, 1.165) is 5.39 Å². The summed E-state index contributed by atoms with van der Waals surface area (Å²) in [5.74, 6) is 0.393. The number of para-hydroxylation sites is 1. The summed E-state index contributed by atoms with van der Waals surface area (Å²) in [4.78, 5) is 0. The first-order valence-corrected chi connectivity index (χ1v) is 5.21. The van der Waals surface area contributed by atoms with Gasteiger partial charge in [0.05, 0.1) is 6.10 Å². The van der Waals surface area contributed by atoms with Gasteiger partial charge in [0, 0.05) is 11.9 Å². The van der Waals surface area contributed by atoms with Gasteiger partial charge in [-0.2, -0.15) is 0 Å². The molecule has 1 heterocycles. The van der Waals surface area contributed by atoms with Crippen LogP contribution in [0.15, 0.2) is 34.7 Å². The molecule has 0 aliphatic carbocycles. The molecule has 0 aliphatic rings. The molecule has 2 atom stereocenters. The highest BCUT2D eigenvalue weighted by Crippen LogP contribution is 2.25. The molecular weight excluding hydrogens is 206 g/mol. The first-order chi connectivity index (χ1) is 7.72. The van der Waals surface area contributed by atoms with E-state index in [0.29, 0.717) is 17.9 Å². The molecule has 0 aliphatic heterocycles. The molecule has 0 fully saturated rings. The van der Waals surface area contributed by atoms with Gasteiger partial charge in [-0.25, -0.2) is 0 Å². The topological polar surface area (TPSA) is 65.6 Å². The van der Waals surface area contributed by atoms with Crippen molar-refractivity contribution in [3.63, 3.8) is 0 Å². The van der Waals surface area contributed by atoms with E-state index in [-0.39, 0.29) is 0 Å². The second-order valence-corrected chi connectivity index (χ2v) is 3.76. The fourth-order valence-corrected chi connectivity index (χ4v) is 1.66. The van der Waals surface area contributed by atoms with E-state index in [1.807, 2.05) is 24.3 Å². The molecule has 1 aromatic carbocycles. The molecule has 0 amide bonds. The number of aliphatic hydroxyl groups excluding tert-OH is 2. The number of aliphatic hydroxyl groups is 2.